The molecule has 0 spiro atoms. The highest BCUT2D eigenvalue weighted by Gasteiger charge is 2.22. The molecule has 0 bridgehead atoms. The zero-order valence-corrected chi connectivity index (χ0v) is 11.2. The van der Waals surface area contributed by atoms with Gasteiger partial charge in [-0.15, -0.1) is 0 Å². The second kappa shape index (κ2) is 6.57. The van der Waals surface area contributed by atoms with E-state index in [1.165, 1.54) is 6.42 Å². The lowest BCUT2D eigenvalue weighted by atomic mass is 10.2. The third-order valence-electron chi connectivity index (χ3n) is 2.84. The molecule has 0 radical (unpaired) electrons. The van der Waals surface area contributed by atoms with Gasteiger partial charge in [-0.25, -0.2) is 12.7 Å². The number of rotatable bonds is 6. The van der Waals surface area contributed by atoms with E-state index in [1.54, 1.807) is 4.31 Å². The first-order valence-electron chi connectivity index (χ1n) is 6.23. The van der Waals surface area contributed by atoms with E-state index in [0.717, 1.165) is 32.5 Å². The highest BCUT2D eigenvalue weighted by atomic mass is 32.2. The van der Waals surface area contributed by atoms with Crippen molar-refractivity contribution in [3.05, 3.63) is 0 Å². The van der Waals surface area contributed by atoms with Crippen molar-refractivity contribution >= 4 is 10.0 Å². The van der Waals surface area contributed by atoms with Crippen molar-refractivity contribution in [2.75, 3.05) is 25.4 Å². The first kappa shape index (κ1) is 13.9. The lowest BCUT2D eigenvalue weighted by Gasteiger charge is -2.25. The van der Waals surface area contributed by atoms with E-state index in [4.69, 9.17) is 0 Å². The molecule has 1 N–H and O–H groups in total. The standard InChI is InChI=1S/C11H24N2O2S/c1-11(2)12-7-6-10-16(14,15)13-8-4-3-5-9-13/h11-12H,3-10H2,1-2H3. The quantitative estimate of drug-likeness (QED) is 0.718. The Morgan fingerprint density at radius 1 is 1.19 bits per heavy atom. The minimum atomic E-state index is -2.99. The molecule has 1 fully saturated rings. The fourth-order valence-corrected chi connectivity index (χ4v) is 3.50. The van der Waals surface area contributed by atoms with E-state index >= 15 is 0 Å². The maximum Gasteiger partial charge on any atom is 0.214 e. The average Bonchev–Trinajstić information content (AvgIpc) is 2.26. The third-order valence-corrected chi connectivity index (χ3v) is 4.80. The summed E-state index contributed by atoms with van der Waals surface area (Å²) < 4.78 is 25.5. The fourth-order valence-electron chi connectivity index (χ4n) is 1.92. The predicted octanol–water partition coefficient (Wildman–Crippen LogP) is 1.19. The second-order valence-corrected chi connectivity index (χ2v) is 6.83. The van der Waals surface area contributed by atoms with Crippen LogP contribution >= 0.6 is 0 Å². The van der Waals surface area contributed by atoms with Crippen LogP contribution in [0.1, 0.15) is 39.5 Å². The maximum absolute atomic E-state index is 11.9. The number of hydrogen-bond donors (Lipinski definition) is 1. The molecule has 5 heteroatoms. The van der Waals surface area contributed by atoms with Gasteiger partial charge in [0, 0.05) is 19.1 Å². The topological polar surface area (TPSA) is 49.4 Å². The van der Waals surface area contributed by atoms with Gasteiger partial charge in [0.25, 0.3) is 0 Å². The van der Waals surface area contributed by atoms with Crippen LogP contribution in [-0.2, 0) is 10.0 Å². The molecular weight excluding hydrogens is 224 g/mol. The molecule has 0 atom stereocenters. The third kappa shape index (κ3) is 4.80. The molecule has 0 amide bonds. The number of sulfonamides is 1. The second-order valence-electron chi connectivity index (χ2n) is 4.74. The maximum atomic E-state index is 11.9. The lowest BCUT2D eigenvalue weighted by molar-refractivity contribution is 0.346. The van der Waals surface area contributed by atoms with Crippen LogP contribution in [0.2, 0.25) is 0 Å². The van der Waals surface area contributed by atoms with Crippen LogP contribution in [0.4, 0.5) is 0 Å². The summed E-state index contributed by atoms with van der Waals surface area (Å²) in [5.41, 5.74) is 0. The van der Waals surface area contributed by atoms with Crippen molar-refractivity contribution in [3.8, 4) is 0 Å². The molecule has 0 saturated carbocycles. The number of piperidine rings is 1. The van der Waals surface area contributed by atoms with Gasteiger partial charge in [-0.05, 0) is 25.8 Å². The highest BCUT2D eigenvalue weighted by Crippen LogP contribution is 2.13. The fraction of sp³-hybridized carbons (Fsp3) is 1.00. The Bertz CT molecular complexity index is 282. The van der Waals surface area contributed by atoms with E-state index in [-0.39, 0.29) is 5.75 Å². The minimum absolute atomic E-state index is 0.284. The van der Waals surface area contributed by atoms with Gasteiger partial charge in [0.1, 0.15) is 0 Å². The van der Waals surface area contributed by atoms with Crippen LogP contribution in [0.15, 0.2) is 0 Å². The van der Waals surface area contributed by atoms with E-state index in [9.17, 15) is 8.42 Å². The summed E-state index contributed by atoms with van der Waals surface area (Å²) in [4.78, 5) is 0. The first-order valence-corrected chi connectivity index (χ1v) is 7.84. The molecule has 16 heavy (non-hydrogen) atoms. The summed E-state index contributed by atoms with van der Waals surface area (Å²) in [6.07, 6.45) is 3.91. The largest absolute Gasteiger partial charge is 0.314 e. The van der Waals surface area contributed by atoms with Crippen molar-refractivity contribution in [1.82, 2.24) is 9.62 Å². The van der Waals surface area contributed by atoms with Crippen LogP contribution < -0.4 is 5.32 Å². The van der Waals surface area contributed by atoms with Gasteiger partial charge in [0.05, 0.1) is 5.75 Å². The summed E-state index contributed by atoms with van der Waals surface area (Å²) in [6.45, 7) is 6.36. The van der Waals surface area contributed by atoms with E-state index in [2.05, 4.69) is 19.2 Å². The summed E-state index contributed by atoms with van der Waals surface area (Å²) in [7, 11) is -2.99. The van der Waals surface area contributed by atoms with E-state index in [0.29, 0.717) is 12.5 Å². The molecule has 0 unspecified atom stereocenters. The van der Waals surface area contributed by atoms with Gasteiger partial charge in [-0.1, -0.05) is 20.3 Å². The Balaban J connectivity index is 2.27. The van der Waals surface area contributed by atoms with Gasteiger partial charge >= 0.3 is 0 Å². The van der Waals surface area contributed by atoms with Crippen molar-refractivity contribution in [2.24, 2.45) is 0 Å². The molecule has 0 aromatic rings. The summed E-state index contributed by atoms with van der Waals surface area (Å²) >= 11 is 0. The van der Waals surface area contributed by atoms with Gasteiger partial charge in [0.15, 0.2) is 0 Å². The summed E-state index contributed by atoms with van der Waals surface area (Å²) in [5, 5.41) is 3.24. The van der Waals surface area contributed by atoms with Gasteiger partial charge in [0.2, 0.25) is 10.0 Å². The van der Waals surface area contributed by atoms with E-state index in [1.807, 2.05) is 0 Å². The molecule has 1 heterocycles. The molecule has 1 rings (SSSR count). The van der Waals surface area contributed by atoms with Gasteiger partial charge in [-0.3, -0.25) is 0 Å². The number of nitrogens with one attached hydrogen (secondary N) is 1. The van der Waals surface area contributed by atoms with Gasteiger partial charge in [-0.2, -0.15) is 0 Å². The van der Waals surface area contributed by atoms with Gasteiger partial charge < -0.3 is 5.32 Å². The normalized spacial score (nSPS) is 19.2. The van der Waals surface area contributed by atoms with Crippen LogP contribution in [0.25, 0.3) is 0 Å². The molecule has 96 valence electrons. The summed E-state index contributed by atoms with van der Waals surface area (Å²) in [6, 6.07) is 0.428. The highest BCUT2D eigenvalue weighted by molar-refractivity contribution is 7.89. The molecule has 1 aliphatic rings. The zero-order chi connectivity index (χ0) is 12.0. The Morgan fingerprint density at radius 3 is 2.38 bits per heavy atom. The molecule has 0 aromatic heterocycles. The predicted molar refractivity (Wildman–Crippen MR) is 67.0 cm³/mol. The van der Waals surface area contributed by atoms with Crippen LogP contribution in [0.5, 0.6) is 0 Å². The zero-order valence-electron chi connectivity index (χ0n) is 10.4. The average molecular weight is 248 g/mol. The Morgan fingerprint density at radius 2 is 1.81 bits per heavy atom. The Hall–Kier alpha value is -0.130. The molecule has 4 nitrogen and oxygen atoms in total. The van der Waals surface area contributed by atoms with Crippen molar-refractivity contribution in [1.29, 1.82) is 0 Å². The first-order chi connectivity index (χ1) is 7.52. The van der Waals surface area contributed by atoms with Crippen molar-refractivity contribution in [2.45, 2.75) is 45.6 Å². The van der Waals surface area contributed by atoms with Crippen LogP contribution in [0, 0.1) is 0 Å². The van der Waals surface area contributed by atoms with Crippen LogP contribution in [-0.4, -0.2) is 44.2 Å². The number of nitrogens with zero attached hydrogens (tertiary/aromatic N) is 1. The summed E-state index contributed by atoms with van der Waals surface area (Å²) in [5.74, 6) is 0.284. The lowest BCUT2D eigenvalue weighted by Crippen LogP contribution is -2.38. The Labute approximate surface area is 99.5 Å². The molecule has 1 aliphatic heterocycles. The Kier molecular flexibility index (Phi) is 5.72. The molecule has 0 aromatic carbocycles. The molecule has 1 saturated heterocycles. The minimum Gasteiger partial charge on any atom is -0.314 e. The van der Waals surface area contributed by atoms with Crippen molar-refractivity contribution < 1.29 is 8.42 Å². The molecule has 0 aliphatic carbocycles. The smallest absolute Gasteiger partial charge is 0.214 e. The monoisotopic (exact) mass is 248 g/mol. The van der Waals surface area contributed by atoms with Crippen molar-refractivity contribution in [3.63, 3.8) is 0 Å². The SMILES string of the molecule is CC(C)NCCCS(=O)(=O)N1CCCCC1. The molecular formula is C11H24N2O2S. The number of hydrogen-bond acceptors (Lipinski definition) is 3. The van der Waals surface area contributed by atoms with E-state index < -0.39 is 10.0 Å². The van der Waals surface area contributed by atoms with Crippen LogP contribution in [0.3, 0.4) is 0 Å².